The maximum atomic E-state index is 12.4. The number of carbonyl (C=O) groups is 1. The number of carbonyl (C=O) groups excluding carboxylic acids is 1. The Morgan fingerprint density at radius 1 is 1.29 bits per heavy atom. The molecule has 2 aromatic rings. The topological polar surface area (TPSA) is 99.1 Å². The van der Waals surface area contributed by atoms with E-state index in [1.54, 1.807) is 23.3 Å². The highest BCUT2D eigenvalue weighted by Crippen LogP contribution is 2.32. The number of aliphatic hydroxyl groups excluding tert-OH is 1. The highest BCUT2D eigenvalue weighted by atomic mass is 16.5. The van der Waals surface area contributed by atoms with Crippen molar-refractivity contribution in [3.63, 3.8) is 0 Å². The van der Waals surface area contributed by atoms with Gasteiger partial charge in [-0.1, -0.05) is 5.16 Å². The number of hydrogen-bond acceptors (Lipinski definition) is 8. The van der Waals surface area contributed by atoms with E-state index in [1.807, 2.05) is 0 Å². The molecule has 152 valence electrons. The van der Waals surface area contributed by atoms with Crippen LogP contribution in [0.2, 0.25) is 0 Å². The smallest absolute Gasteiger partial charge is 0.241 e. The molecule has 2 fully saturated rings. The van der Waals surface area contributed by atoms with Crippen LogP contribution in [0.3, 0.4) is 0 Å². The molecule has 0 aliphatic carbocycles. The first kappa shape index (κ1) is 19.1. The number of amides is 1. The lowest BCUT2D eigenvalue weighted by molar-refractivity contribution is -0.131. The van der Waals surface area contributed by atoms with Crippen molar-refractivity contribution < 1.29 is 18.8 Å². The van der Waals surface area contributed by atoms with E-state index in [2.05, 4.69) is 27.0 Å². The largest absolute Gasteiger partial charge is 0.461 e. The first-order chi connectivity index (χ1) is 13.6. The molecule has 2 aromatic heterocycles. The van der Waals surface area contributed by atoms with Crippen LogP contribution in [0.1, 0.15) is 25.2 Å². The third-order valence-corrected chi connectivity index (χ3v) is 6.02. The first-order valence-electron chi connectivity index (χ1n) is 9.78. The Kier molecular flexibility index (Phi) is 5.47. The molecule has 2 aliphatic rings. The van der Waals surface area contributed by atoms with Crippen molar-refractivity contribution in [2.45, 2.75) is 31.3 Å². The van der Waals surface area contributed by atoms with E-state index in [0.29, 0.717) is 43.5 Å². The second-order valence-corrected chi connectivity index (χ2v) is 7.70. The van der Waals surface area contributed by atoms with Crippen LogP contribution in [-0.2, 0) is 11.3 Å². The lowest BCUT2D eigenvalue weighted by Gasteiger charge is -2.49. The van der Waals surface area contributed by atoms with Crippen LogP contribution in [0.15, 0.2) is 27.3 Å². The van der Waals surface area contributed by atoms with E-state index in [0.717, 1.165) is 32.5 Å². The lowest BCUT2D eigenvalue weighted by atomic mass is 9.86. The summed E-state index contributed by atoms with van der Waals surface area (Å²) < 4.78 is 10.7. The molecular weight excluding hydrogens is 362 g/mol. The van der Waals surface area contributed by atoms with Gasteiger partial charge < -0.3 is 18.9 Å². The molecule has 4 heterocycles. The molecule has 28 heavy (non-hydrogen) atoms. The second-order valence-electron chi connectivity index (χ2n) is 7.70. The SMILES string of the molecule is CN1CCN(Cc2nc(-c3ccco3)no2)CC12CCC(=O)N(CCO)CC2. The summed E-state index contributed by atoms with van der Waals surface area (Å²) in [5.41, 5.74) is -0.0536. The molecule has 0 aromatic carbocycles. The summed E-state index contributed by atoms with van der Waals surface area (Å²) in [7, 11) is 2.14. The van der Waals surface area contributed by atoms with E-state index in [-0.39, 0.29) is 18.1 Å². The molecular formula is C19H27N5O4. The number of furan rings is 1. The Morgan fingerprint density at radius 3 is 2.96 bits per heavy atom. The quantitative estimate of drug-likeness (QED) is 0.803. The monoisotopic (exact) mass is 389 g/mol. The number of likely N-dealkylation sites (tertiary alicyclic amines) is 1. The van der Waals surface area contributed by atoms with Gasteiger partial charge >= 0.3 is 0 Å². The first-order valence-corrected chi connectivity index (χ1v) is 9.78. The van der Waals surface area contributed by atoms with E-state index < -0.39 is 0 Å². The molecule has 9 heteroatoms. The number of likely N-dealkylation sites (N-methyl/N-ethyl adjacent to an activating group) is 1. The molecule has 1 spiro atoms. The highest BCUT2D eigenvalue weighted by Gasteiger charge is 2.42. The number of hydrogen-bond donors (Lipinski definition) is 1. The molecule has 1 amide bonds. The Balaban J connectivity index is 1.44. The van der Waals surface area contributed by atoms with E-state index in [9.17, 15) is 9.90 Å². The van der Waals surface area contributed by atoms with Crippen LogP contribution >= 0.6 is 0 Å². The summed E-state index contributed by atoms with van der Waals surface area (Å²) in [6.07, 6.45) is 3.82. The molecule has 4 rings (SSSR count). The number of β-amino-alcohol motifs (C(OH)–C–C–N with tert-alkyl or cyclic N) is 1. The van der Waals surface area contributed by atoms with Crippen LogP contribution in [0, 0.1) is 0 Å². The molecule has 9 nitrogen and oxygen atoms in total. The molecule has 1 atom stereocenters. The summed E-state index contributed by atoms with van der Waals surface area (Å²) in [5, 5.41) is 13.2. The molecule has 0 radical (unpaired) electrons. The Bertz CT molecular complexity index is 792. The Morgan fingerprint density at radius 2 is 2.18 bits per heavy atom. The maximum Gasteiger partial charge on any atom is 0.241 e. The average molecular weight is 389 g/mol. The van der Waals surface area contributed by atoms with Gasteiger partial charge in [0.1, 0.15) is 0 Å². The highest BCUT2D eigenvalue weighted by molar-refractivity contribution is 5.76. The van der Waals surface area contributed by atoms with Crippen molar-refractivity contribution in [2.24, 2.45) is 0 Å². The summed E-state index contributed by atoms with van der Waals surface area (Å²) in [6, 6.07) is 3.60. The molecule has 1 unspecified atom stereocenters. The minimum atomic E-state index is -0.0536. The third-order valence-electron chi connectivity index (χ3n) is 6.02. The van der Waals surface area contributed by atoms with E-state index in [1.165, 1.54) is 0 Å². The van der Waals surface area contributed by atoms with E-state index >= 15 is 0 Å². The fourth-order valence-corrected chi connectivity index (χ4v) is 4.28. The Hall–Kier alpha value is -2.23. The van der Waals surface area contributed by atoms with Crippen molar-refractivity contribution in [1.82, 2.24) is 24.8 Å². The number of aliphatic hydroxyl groups is 1. The fourth-order valence-electron chi connectivity index (χ4n) is 4.28. The zero-order valence-corrected chi connectivity index (χ0v) is 16.2. The van der Waals surface area contributed by atoms with Gasteiger partial charge in [0.15, 0.2) is 5.76 Å². The van der Waals surface area contributed by atoms with Gasteiger partial charge in [-0.25, -0.2) is 0 Å². The van der Waals surface area contributed by atoms with Gasteiger partial charge in [-0.05, 0) is 32.0 Å². The van der Waals surface area contributed by atoms with Gasteiger partial charge in [-0.15, -0.1) is 0 Å². The maximum absolute atomic E-state index is 12.4. The van der Waals surface area contributed by atoms with Crippen LogP contribution in [0.5, 0.6) is 0 Å². The fraction of sp³-hybridized carbons (Fsp3) is 0.632. The predicted molar refractivity (Wildman–Crippen MR) is 100 cm³/mol. The van der Waals surface area contributed by atoms with Crippen LogP contribution in [0.4, 0.5) is 0 Å². The van der Waals surface area contributed by atoms with Gasteiger partial charge in [-0.2, -0.15) is 4.98 Å². The minimum Gasteiger partial charge on any atom is -0.461 e. The van der Waals surface area contributed by atoms with Gasteiger partial charge in [-0.3, -0.25) is 14.6 Å². The number of piperazine rings is 1. The summed E-state index contributed by atoms with van der Waals surface area (Å²) in [4.78, 5) is 23.3. The summed E-state index contributed by atoms with van der Waals surface area (Å²) in [6.45, 7) is 4.37. The van der Waals surface area contributed by atoms with Crippen LogP contribution in [-0.4, -0.2) is 87.8 Å². The van der Waals surface area contributed by atoms with Gasteiger partial charge in [0.2, 0.25) is 17.6 Å². The van der Waals surface area contributed by atoms with Gasteiger partial charge in [0.25, 0.3) is 0 Å². The van der Waals surface area contributed by atoms with Gasteiger partial charge in [0, 0.05) is 44.7 Å². The number of rotatable bonds is 5. The van der Waals surface area contributed by atoms with Crippen molar-refractivity contribution in [1.29, 1.82) is 0 Å². The zero-order valence-electron chi connectivity index (χ0n) is 16.2. The lowest BCUT2D eigenvalue weighted by Crippen LogP contribution is -2.60. The Labute approximate surface area is 163 Å². The number of aromatic nitrogens is 2. The predicted octanol–water partition coefficient (Wildman–Crippen LogP) is 0.821. The molecule has 0 bridgehead atoms. The minimum absolute atomic E-state index is 0.00979. The molecule has 2 aliphatic heterocycles. The third kappa shape index (κ3) is 3.82. The van der Waals surface area contributed by atoms with Crippen molar-refractivity contribution in [2.75, 3.05) is 46.4 Å². The van der Waals surface area contributed by atoms with Crippen molar-refractivity contribution in [3.05, 3.63) is 24.3 Å². The summed E-state index contributed by atoms with van der Waals surface area (Å²) >= 11 is 0. The second kappa shape index (κ2) is 8.02. The molecule has 2 saturated heterocycles. The van der Waals surface area contributed by atoms with Gasteiger partial charge in [0.05, 0.1) is 19.4 Å². The van der Waals surface area contributed by atoms with E-state index in [4.69, 9.17) is 8.94 Å². The van der Waals surface area contributed by atoms with Crippen molar-refractivity contribution >= 4 is 5.91 Å². The van der Waals surface area contributed by atoms with Crippen LogP contribution in [0.25, 0.3) is 11.6 Å². The summed E-state index contributed by atoms with van der Waals surface area (Å²) in [5.74, 6) is 1.76. The molecule has 0 saturated carbocycles. The normalized spacial score (nSPS) is 24.8. The molecule has 1 N–H and O–H groups in total. The number of nitrogens with zero attached hydrogens (tertiary/aromatic N) is 5. The standard InChI is InChI=1S/C19H27N5O4/c1-22-8-9-23(13-16-20-18(21-28-16)15-3-2-12-27-15)14-19(22)5-4-17(26)24(7-6-19)10-11-25/h2-3,12,25H,4-11,13-14H2,1H3. The zero-order chi connectivity index (χ0) is 19.6. The average Bonchev–Trinajstić information content (AvgIpc) is 3.35. The van der Waals surface area contributed by atoms with Crippen LogP contribution < -0.4 is 0 Å². The van der Waals surface area contributed by atoms with Crippen molar-refractivity contribution in [3.8, 4) is 11.6 Å².